The second kappa shape index (κ2) is 11.7. The third-order valence-corrected chi connectivity index (χ3v) is 10.5. The first-order chi connectivity index (χ1) is 26.3. The number of hydrogen-bond acceptors (Lipinski definition) is 3. The van der Waals surface area contributed by atoms with E-state index in [0.717, 1.165) is 83.1 Å². The van der Waals surface area contributed by atoms with Crippen molar-refractivity contribution in [1.29, 1.82) is 0 Å². The van der Waals surface area contributed by atoms with Crippen molar-refractivity contribution in [3.63, 3.8) is 0 Å². The van der Waals surface area contributed by atoms with E-state index >= 15 is 0 Å². The quantitative estimate of drug-likeness (QED) is 0.175. The van der Waals surface area contributed by atoms with Crippen LogP contribution in [0.4, 0.5) is 0 Å². The lowest BCUT2D eigenvalue weighted by Crippen LogP contribution is -1.93. The first-order valence-electron chi connectivity index (χ1n) is 17.9. The van der Waals surface area contributed by atoms with Crippen molar-refractivity contribution >= 4 is 60.0 Å². The number of benzene rings is 7. The van der Waals surface area contributed by atoms with Gasteiger partial charge in [0.2, 0.25) is 0 Å². The molecule has 4 aromatic heterocycles. The van der Waals surface area contributed by atoms with E-state index in [9.17, 15) is 0 Å². The summed E-state index contributed by atoms with van der Waals surface area (Å²) >= 11 is 0. The summed E-state index contributed by atoms with van der Waals surface area (Å²) in [5.41, 5.74) is 13.5. The van der Waals surface area contributed by atoms with Crippen molar-refractivity contribution in [2.24, 2.45) is 0 Å². The molecule has 0 fully saturated rings. The van der Waals surface area contributed by atoms with Gasteiger partial charge >= 0.3 is 0 Å². The van der Waals surface area contributed by atoms with Crippen molar-refractivity contribution in [1.82, 2.24) is 19.4 Å². The molecule has 0 N–H and O–H groups in total. The molecule has 4 nitrogen and oxygen atoms in total. The van der Waals surface area contributed by atoms with Crippen molar-refractivity contribution in [3.8, 4) is 44.8 Å². The minimum absolute atomic E-state index is 0.893. The molecule has 4 heteroatoms. The Morgan fingerprint density at radius 2 is 0.943 bits per heavy atom. The second-order valence-electron chi connectivity index (χ2n) is 13.6. The first kappa shape index (κ1) is 29.5. The number of nitrogens with zero attached hydrogens (tertiary/aromatic N) is 4. The van der Waals surface area contributed by atoms with Crippen LogP contribution >= 0.6 is 0 Å². The van der Waals surface area contributed by atoms with Gasteiger partial charge in [-0.05, 0) is 69.4 Å². The summed E-state index contributed by atoms with van der Waals surface area (Å²) in [6.07, 6.45) is 2.22. The lowest BCUT2D eigenvalue weighted by molar-refractivity contribution is 1.22. The number of imidazole rings is 1. The zero-order valence-corrected chi connectivity index (χ0v) is 28.6. The van der Waals surface area contributed by atoms with E-state index in [0.29, 0.717) is 0 Å². The molecule has 4 heterocycles. The molecule has 11 rings (SSSR count). The Balaban J connectivity index is 1.14. The van der Waals surface area contributed by atoms with Crippen LogP contribution in [0.25, 0.3) is 105 Å². The summed E-state index contributed by atoms with van der Waals surface area (Å²) in [5, 5.41) is 7.03. The molecule has 0 aliphatic carbocycles. The fraction of sp³-hybridized carbons (Fsp3) is 0. The van der Waals surface area contributed by atoms with E-state index in [2.05, 4.69) is 174 Å². The van der Waals surface area contributed by atoms with E-state index in [1.807, 2.05) is 12.1 Å². The van der Waals surface area contributed by atoms with Gasteiger partial charge in [-0.2, -0.15) is 0 Å². The molecule has 0 bridgehead atoms. The number of pyridine rings is 3. The summed E-state index contributed by atoms with van der Waals surface area (Å²) in [6, 6.07) is 62.1. The number of hydrogen-bond donors (Lipinski definition) is 0. The van der Waals surface area contributed by atoms with Crippen LogP contribution in [0.15, 0.2) is 182 Å². The van der Waals surface area contributed by atoms with E-state index < -0.39 is 0 Å². The zero-order chi connectivity index (χ0) is 34.9. The molecular formula is C49H30N4. The molecule has 0 atom stereocenters. The van der Waals surface area contributed by atoms with Gasteiger partial charge in [-0.1, -0.05) is 140 Å². The molecule has 53 heavy (non-hydrogen) atoms. The minimum Gasteiger partial charge on any atom is -0.297 e. The number of fused-ring (bicyclic) bond motifs is 10. The maximum Gasteiger partial charge on any atom is 0.138 e. The molecule has 0 aliphatic heterocycles. The maximum absolute atomic E-state index is 5.26. The Morgan fingerprint density at radius 1 is 0.358 bits per heavy atom. The van der Waals surface area contributed by atoms with Gasteiger partial charge < -0.3 is 0 Å². The molecule has 0 amide bonds. The Hall–Kier alpha value is -7.17. The number of aromatic nitrogens is 4. The van der Waals surface area contributed by atoms with Crippen LogP contribution < -0.4 is 0 Å². The molecule has 11 aromatic rings. The molecule has 0 radical (unpaired) electrons. The predicted molar refractivity (Wildman–Crippen MR) is 220 cm³/mol. The van der Waals surface area contributed by atoms with Gasteiger partial charge in [0.25, 0.3) is 0 Å². The van der Waals surface area contributed by atoms with Crippen molar-refractivity contribution in [2.75, 3.05) is 0 Å². The fourth-order valence-corrected chi connectivity index (χ4v) is 8.11. The highest BCUT2D eigenvalue weighted by Crippen LogP contribution is 2.42. The van der Waals surface area contributed by atoms with Crippen LogP contribution in [-0.4, -0.2) is 19.4 Å². The molecule has 0 unspecified atom stereocenters. The molecule has 7 aromatic carbocycles. The summed E-state index contributed by atoms with van der Waals surface area (Å²) in [7, 11) is 0. The summed E-state index contributed by atoms with van der Waals surface area (Å²) in [5.74, 6) is 0. The molecule has 0 saturated carbocycles. The van der Waals surface area contributed by atoms with Crippen LogP contribution in [0.2, 0.25) is 0 Å². The topological polar surface area (TPSA) is 43.1 Å². The smallest absolute Gasteiger partial charge is 0.138 e. The van der Waals surface area contributed by atoms with Crippen LogP contribution in [0, 0.1) is 0 Å². The highest BCUT2D eigenvalue weighted by Gasteiger charge is 2.19. The summed E-state index contributed by atoms with van der Waals surface area (Å²) < 4.78 is 2.22. The SMILES string of the molecule is c1ccc(-c2nc3ccccc3c3c2cc(-c2cccc(-c4ccc5nc6c7ccccc7nc(-c7ccccc7)c6n5c4)c2)c2ccccc23)cc1. The maximum atomic E-state index is 5.26. The van der Waals surface area contributed by atoms with E-state index in [-0.39, 0.29) is 0 Å². The lowest BCUT2D eigenvalue weighted by atomic mass is 9.89. The monoisotopic (exact) mass is 674 g/mol. The first-order valence-corrected chi connectivity index (χ1v) is 17.9. The van der Waals surface area contributed by atoms with E-state index in [1.165, 1.54) is 21.7 Å². The highest BCUT2D eigenvalue weighted by atomic mass is 15.0. The largest absolute Gasteiger partial charge is 0.297 e. The van der Waals surface area contributed by atoms with Gasteiger partial charge in [0.15, 0.2) is 0 Å². The number of para-hydroxylation sites is 2. The lowest BCUT2D eigenvalue weighted by Gasteiger charge is -2.16. The van der Waals surface area contributed by atoms with Gasteiger partial charge in [-0.15, -0.1) is 0 Å². The van der Waals surface area contributed by atoms with Crippen LogP contribution in [0.5, 0.6) is 0 Å². The minimum atomic E-state index is 0.893. The fourth-order valence-electron chi connectivity index (χ4n) is 8.11. The normalized spacial score (nSPS) is 11.8. The molecule has 0 aliphatic rings. The van der Waals surface area contributed by atoms with Gasteiger partial charge in [0.05, 0.1) is 27.9 Å². The van der Waals surface area contributed by atoms with Crippen molar-refractivity contribution < 1.29 is 0 Å². The molecule has 0 saturated heterocycles. The average molecular weight is 675 g/mol. The number of rotatable bonds is 4. The second-order valence-corrected chi connectivity index (χ2v) is 13.6. The Labute approximate surface area is 305 Å². The van der Waals surface area contributed by atoms with Gasteiger partial charge in [0.1, 0.15) is 11.2 Å². The third kappa shape index (κ3) is 4.66. The molecular weight excluding hydrogens is 645 g/mol. The van der Waals surface area contributed by atoms with Crippen molar-refractivity contribution in [2.45, 2.75) is 0 Å². The molecule has 246 valence electrons. The van der Waals surface area contributed by atoms with E-state index in [4.69, 9.17) is 15.0 Å². The average Bonchev–Trinajstić information content (AvgIpc) is 3.63. The van der Waals surface area contributed by atoms with Gasteiger partial charge in [0, 0.05) is 38.9 Å². The Morgan fingerprint density at radius 3 is 1.72 bits per heavy atom. The van der Waals surface area contributed by atoms with Gasteiger partial charge in [-0.3, -0.25) is 4.40 Å². The standard InChI is InChI=1S/C49H30N4/c1-3-14-31(15-4-1)46-41-29-40(36-20-7-8-21-37(36)45(41)38-22-9-11-24-42(38)50-46)34-19-13-18-33(28-34)35-26-27-44-52-48-39-23-10-12-25-43(39)51-47(49(48)53(44)30-35)32-16-5-2-6-17-32/h1-30H. The van der Waals surface area contributed by atoms with Crippen LogP contribution in [0.3, 0.4) is 0 Å². The van der Waals surface area contributed by atoms with Crippen LogP contribution in [-0.2, 0) is 0 Å². The molecule has 0 spiro atoms. The Kier molecular flexibility index (Phi) is 6.52. The predicted octanol–water partition coefficient (Wildman–Crippen LogP) is 12.6. The summed E-state index contributed by atoms with van der Waals surface area (Å²) in [4.78, 5) is 15.6. The van der Waals surface area contributed by atoms with Crippen LogP contribution in [0.1, 0.15) is 0 Å². The van der Waals surface area contributed by atoms with Crippen molar-refractivity contribution in [3.05, 3.63) is 182 Å². The van der Waals surface area contributed by atoms with E-state index in [1.54, 1.807) is 0 Å². The highest BCUT2D eigenvalue weighted by molar-refractivity contribution is 6.25. The zero-order valence-electron chi connectivity index (χ0n) is 28.6. The Bertz CT molecular complexity index is 3220. The summed E-state index contributed by atoms with van der Waals surface area (Å²) in [6.45, 7) is 0. The van der Waals surface area contributed by atoms with Gasteiger partial charge in [-0.25, -0.2) is 15.0 Å². The third-order valence-electron chi connectivity index (χ3n) is 10.5.